The zero-order valence-corrected chi connectivity index (χ0v) is 18.9. The second kappa shape index (κ2) is 7.78. The molecule has 164 valence electrons. The molecule has 2 fully saturated rings. The highest BCUT2D eigenvalue weighted by atomic mass is 35.5. The van der Waals surface area contributed by atoms with E-state index in [2.05, 4.69) is 15.8 Å². The van der Waals surface area contributed by atoms with Gasteiger partial charge < -0.3 is 0 Å². The lowest BCUT2D eigenvalue weighted by Gasteiger charge is -2.38. The quantitative estimate of drug-likeness (QED) is 0.481. The molecule has 2 heterocycles. The molecule has 2 aromatic heterocycles. The minimum absolute atomic E-state index is 0.244. The highest BCUT2D eigenvalue weighted by Crippen LogP contribution is 2.57. The Kier molecular flexibility index (Phi) is 4.88. The Balaban J connectivity index is 1.40. The average Bonchev–Trinajstić information content (AvgIpc) is 3.10. The lowest BCUT2D eigenvalue weighted by Crippen LogP contribution is -2.32. The molecule has 1 aromatic carbocycles. The van der Waals surface area contributed by atoms with Gasteiger partial charge in [0, 0.05) is 22.7 Å². The molecule has 2 unspecified atom stereocenters. The molecule has 6 nitrogen and oxygen atoms in total. The maximum Gasteiger partial charge on any atom is 0.290 e. The second-order valence-corrected chi connectivity index (χ2v) is 10.2. The van der Waals surface area contributed by atoms with Gasteiger partial charge in [-0.3, -0.25) is 15.6 Å². The topological polar surface area (TPSA) is 71.8 Å². The predicted molar refractivity (Wildman–Crippen MR) is 124 cm³/mol. The van der Waals surface area contributed by atoms with Crippen LogP contribution in [-0.4, -0.2) is 20.7 Å². The Hall–Kier alpha value is -2.57. The van der Waals surface area contributed by atoms with Crippen molar-refractivity contribution in [2.24, 2.45) is 11.8 Å². The molecule has 1 amide bonds. The van der Waals surface area contributed by atoms with Crippen molar-refractivity contribution in [2.75, 3.05) is 5.43 Å². The molecule has 4 aliphatic carbocycles. The van der Waals surface area contributed by atoms with Crippen molar-refractivity contribution in [3.8, 4) is 5.69 Å². The van der Waals surface area contributed by atoms with E-state index in [0.717, 1.165) is 35.9 Å². The molecule has 8 heteroatoms. The van der Waals surface area contributed by atoms with Crippen LogP contribution in [0.5, 0.6) is 0 Å². The van der Waals surface area contributed by atoms with E-state index in [1.807, 2.05) is 28.9 Å². The Labute approximate surface area is 196 Å². The third kappa shape index (κ3) is 3.46. The smallest absolute Gasteiger partial charge is 0.282 e. The summed E-state index contributed by atoms with van der Waals surface area (Å²) in [5, 5.41) is 6.09. The van der Waals surface area contributed by atoms with Crippen LogP contribution in [-0.2, 0) is 0 Å². The van der Waals surface area contributed by atoms with E-state index in [1.54, 1.807) is 12.1 Å². The van der Waals surface area contributed by atoms with E-state index in [4.69, 9.17) is 28.3 Å². The van der Waals surface area contributed by atoms with Crippen LogP contribution in [0.1, 0.15) is 65.7 Å². The number of carbonyl (C=O) groups excluding carboxylic acids is 1. The standard InChI is InChI=1S/C24H23Cl2N5O/c25-17-1-4-19(5-2-17)31-23-16-10-13-7-14(11-16)9-15(8-13)21(23)22(30-31)24(32)29-28-20-6-3-18(26)12-27-20/h1-6,12-16H,7-11H2,(H,27,28)(H,29,32). The SMILES string of the molecule is O=C(NNc1ccc(Cl)cn1)c1nn(-c2ccc(Cl)cc2)c2c1C1CC3CC(C1)CC2C3. The predicted octanol–water partition coefficient (Wildman–Crippen LogP) is 5.72. The minimum Gasteiger partial charge on any atom is -0.282 e. The number of halogens is 2. The average molecular weight is 468 g/mol. The largest absolute Gasteiger partial charge is 0.290 e. The molecule has 2 saturated carbocycles. The number of nitrogens with zero attached hydrogens (tertiary/aromatic N) is 3. The van der Waals surface area contributed by atoms with Gasteiger partial charge in [0.1, 0.15) is 5.82 Å². The number of carbonyl (C=O) groups is 1. The van der Waals surface area contributed by atoms with Gasteiger partial charge in [-0.05, 0) is 86.3 Å². The van der Waals surface area contributed by atoms with Gasteiger partial charge >= 0.3 is 0 Å². The summed E-state index contributed by atoms with van der Waals surface area (Å²) in [4.78, 5) is 17.5. The maximum absolute atomic E-state index is 13.3. The van der Waals surface area contributed by atoms with Crippen molar-refractivity contribution < 1.29 is 4.79 Å². The van der Waals surface area contributed by atoms with Crippen molar-refractivity contribution in [3.63, 3.8) is 0 Å². The fourth-order valence-corrected chi connectivity index (χ4v) is 6.36. The van der Waals surface area contributed by atoms with E-state index >= 15 is 0 Å². The van der Waals surface area contributed by atoms with Crippen LogP contribution in [0.3, 0.4) is 0 Å². The molecule has 4 bridgehead atoms. The first-order valence-electron chi connectivity index (χ1n) is 11.1. The maximum atomic E-state index is 13.3. The highest BCUT2D eigenvalue weighted by molar-refractivity contribution is 6.30. The highest BCUT2D eigenvalue weighted by Gasteiger charge is 2.46. The summed E-state index contributed by atoms with van der Waals surface area (Å²) in [6.45, 7) is 0. The summed E-state index contributed by atoms with van der Waals surface area (Å²) < 4.78 is 1.99. The van der Waals surface area contributed by atoms with Crippen LogP contribution >= 0.6 is 23.2 Å². The zero-order valence-electron chi connectivity index (χ0n) is 17.4. The fraction of sp³-hybridized carbons (Fsp3) is 0.375. The molecular weight excluding hydrogens is 445 g/mol. The first-order valence-corrected chi connectivity index (χ1v) is 11.9. The summed E-state index contributed by atoms with van der Waals surface area (Å²) in [5.41, 5.74) is 9.49. The van der Waals surface area contributed by atoms with Gasteiger partial charge in [-0.25, -0.2) is 9.67 Å². The number of hydrogen-bond donors (Lipinski definition) is 2. The summed E-state index contributed by atoms with van der Waals surface area (Å²) in [6.07, 6.45) is 7.54. The van der Waals surface area contributed by atoms with Crippen LogP contribution in [0.4, 0.5) is 5.82 Å². The number of hydrogen-bond acceptors (Lipinski definition) is 4. The van der Waals surface area contributed by atoms with E-state index in [0.29, 0.717) is 33.4 Å². The van der Waals surface area contributed by atoms with Gasteiger partial charge in [-0.15, -0.1) is 0 Å². The molecule has 2 N–H and O–H groups in total. The van der Waals surface area contributed by atoms with Crippen molar-refractivity contribution in [1.82, 2.24) is 20.2 Å². The first-order chi connectivity index (χ1) is 15.5. The van der Waals surface area contributed by atoms with Gasteiger partial charge in [0.05, 0.1) is 16.4 Å². The number of pyridine rings is 1. The molecule has 4 aliphatic rings. The van der Waals surface area contributed by atoms with E-state index in [9.17, 15) is 4.79 Å². The van der Waals surface area contributed by atoms with E-state index in [-0.39, 0.29) is 5.91 Å². The van der Waals surface area contributed by atoms with Gasteiger partial charge in [0.2, 0.25) is 0 Å². The second-order valence-electron chi connectivity index (χ2n) is 9.28. The number of benzene rings is 1. The normalized spacial score (nSPS) is 25.3. The van der Waals surface area contributed by atoms with Crippen molar-refractivity contribution in [2.45, 2.75) is 43.9 Å². The van der Waals surface area contributed by atoms with E-state index in [1.165, 1.54) is 31.2 Å². The van der Waals surface area contributed by atoms with Gasteiger partial charge in [0.15, 0.2) is 5.69 Å². The number of hydrazine groups is 1. The van der Waals surface area contributed by atoms with Crippen LogP contribution in [0.25, 0.3) is 5.69 Å². The zero-order chi connectivity index (χ0) is 21.8. The Morgan fingerprint density at radius 2 is 1.59 bits per heavy atom. The van der Waals surface area contributed by atoms with Crippen LogP contribution in [0.2, 0.25) is 10.0 Å². The molecule has 32 heavy (non-hydrogen) atoms. The molecular formula is C24H23Cl2N5O. The lowest BCUT2D eigenvalue weighted by atomic mass is 9.67. The van der Waals surface area contributed by atoms with Crippen molar-refractivity contribution in [1.29, 1.82) is 0 Å². The first kappa shape index (κ1) is 20.1. The van der Waals surface area contributed by atoms with Gasteiger partial charge in [-0.2, -0.15) is 5.10 Å². The molecule has 7 rings (SSSR count). The fourth-order valence-electron chi connectivity index (χ4n) is 6.12. The molecule has 0 radical (unpaired) electrons. The Bertz CT molecular complexity index is 1160. The third-order valence-corrected chi connectivity index (χ3v) is 7.69. The molecule has 0 saturated heterocycles. The monoisotopic (exact) mass is 467 g/mol. The molecule has 2 atom stereocenters. The van der Waals surface area contributed by atoms with Crippen LogP contribution < -0.4 is 10.9 Å². The van der Waals surface area contributed by atoms with Crippen molar-refractivity contribution in [3.05, 3.63) is 69.6 Å². The number of amides is 1. The van der Waals surface area contributed by atoms with Crippen LogP contribution in [0, 0.1) is 11.8 Å². The molecule has 0 aliphatic heterocycles. The van der Waals surface area contributed by atoms with Crippen LogP contribution in [0.15, 0.2) is 42.6 Å². The summed E-state index contributed by atoms with van der Waals surface area (Å²) in [6, 6.07) is 11.1. The van der Waals surface area contributed by atoms with E-state index < -0.39 is 0 Å². The summed E-state index contributed by atoms with van der Waals surface area (Å²) in [5.74, 6) is 2.60. The van der Waals surface area contributed by atoms with Gasteiger partial charge in [0.25, 0.3) is 5.91 Å². The number of nitrogens with one attached hydrogen (secondary N) is 2. The number of anilines is 1. The molecule has 3 aromatic rings. The van der Waals surface area contributed by atoms with Gasteiger partial charge in [-0.1, -0.05) is 23.2 Å². The lowest BCUT2D eigenvalue weighted by molar-refractivity contribution is 0.0953. The molecule has 0 spiro atoms. The minimum atomic E-state index is -0.244. The summed E-state index contributed by atoms with van der Waals surface area (Å²) >= 11 is 12.0. The number of aromatic nitrogens is 3. The Morgan fingerprint density at radius 3 is 2.28 bits per heavy atom. The Morgan fingerprint density at radius 1 is 0.906 bits per heavy atom. The van der Waals surface area contributed by atoms with Crippen molar-refractivity contribution >= 4 is 34.9 Å². The third-order valence-electron chi connectivity index (χ3n) is 7.21. The summed E-state index contributed by atoms with van der Waals surface area (Å²) in [7, 11) is 0. The number of rotatable bonds is 4.